The first-order chi connectivity index (χ1) is 11.9. The van der Waals surface area contributed by atoms with E-state index in [4.69, 9.17) is 9.47 Å². The number of hydrogen-bond donors (Lipinski definition) is 0. The third kappa shape index (κ3) is 4.85. The lowest BCUT2D eigenvalue weighted by Gasteiger charge is -2.34. The summed E-state index contributed by atoms with van der Waals surface area (Å²) in [6.45, 7) is 1.00. The predicted octanol–water partition coefficient (Wildman–Crippen LogP) is 2.85. The standard InChI is InChI=1S/C17H20F3NO4/c18-17(19,20)11-25-14-5-3-12(4-6-14)15(22)21-7-1-2-13(10-21)16-23-8-9-24-16/h3-6,13,16H,1-2,7-11H2. The van der Waals surface area contributed by atoms with Crippen molar-refractivity contribution in [1.82, 2.24) is 4.90 Å². The van der Waals surface area contributed by atoms with Gasteiger partial charge in [0.2, 0.25) is 0 Å². The summed E-state index contributed by atoms with van der Waals surface area (Å²) in [5.41, 5.74) is 0.424. The van der Waals surface area contributed by atoms with Crippen LogP contribution in [-0.2, 0) is 9.47 Å². The molecule has 1 aromatic carbocycles. The first kappa shape index (κ1) is 18.0. The van der Waals surface area contributed by atoms with Crippen LogP contribution in [-0.4, -0.2) is 56.2 Å². The smallest absolute Gasteiger partial charge is 0.422 e. The zero-order valence-electron chi connectivity index (χ0n) is 13.6. The molecule has 0 bridgehead atoms. The van der Waals surface area contributed by atoms with Gasteiger partial charge in [-0.2, -0.15) is 13.2 Å². The lowest BCUT2D eigenvalue weighted by atomic mass is 9.96. The van der Waals surface area contributed by atoms with E-state index in [9.17, 15) is 18.0 Å². The Hall–Kier alpha value is -1.80. The maximum Gasteiger partial charge on any atom is 0.422 e. The van der Waals surface area contributed by atoms with E-state index in [1.54, 1.807) is 4.90 Å². The minimum atomic E-state index is -4.39. The van der Waals surface area contributed by atoms with Crippen LogP contribution in [0.25, 0.3) is 0 Å². The molecular weight excluding hydrogens is 339 g/mol. The van der Waals surface area contributed by atoms with Crippen molar-refractivity contribution in [3.63, 3.8) is 0 Å². The number of nitrogens with zero attached hydrogens (tertiary/aromatic N) is 1. The molecule has 2 fully saturated rings. The summed E-state index contributed by atoms with van der Waals surface area (Å²) >= 11 is 0. The summed E-state index contributed by atoms with van der Waals surface area (Å²) in [4.78, 5) is 14.4. The lowest BCUT2D eigenvalue weighted by Crippen LogP contribution is -2.43. The average Bonchev–Trinajstić information content (AvgIpc) is 3.14. The number of alkyl halides is 3. The van der Waals surface area contributed by atoms with Gasteiger partial charge in [-0.1, -0.05) is 0 Å². The second kappa shape index (κ2) is 7.61. The summed E-state index contributed by atoms with van der Waals surface area (Å²) in [6, 6.07) is 5.73. The molecule has 1 aromatic rings. The van der Waals surface area contributed by atoms with Crippen LogP contribution in [0.1, 0.15) is 23.2 Å². The number of carbonyl (C=O) groups excluding carboxylic acids is 1. The van der Waals surface area contributed by atoms with Crippen molar-refractivity contribution >= 4 is 5.91 Å². The molecule has 1 unspecified atom stereocenters. The maximum absolute atomic E-state index is 12.6. The molecule has 0 aliphatic carbocycles. The second-order valence-corrected chi connectivity index (χ2v) is 6.19. The quantitative estimate of drug-likeness (QED) is 0.830. The molecule has 0 spiro atoms. The number of carbonyl (C=O) groups is 1. The normalized spacial score (nSPS) is 22.2. The van der Waals surface area contributed by atoms with Gasteiger partial charge in [0.1, 0.15) is 5.75 Å². The van der Waals surface area contributed by atoms with Crippen molar-refractivity contribution in [3.8, 4) is 5.75 Å². The van der Waals surface area contributed by atoms with Gasteiger partial charge >= 0.3 is 6.18 Å². The zero-order chi connectivity index (χ0) is 17.9. The largest absolute Gasteiger partial charge is 0.484 e. The molecular formula is C17H20F3NO4. The fourth-order valence-corrected chi connectivity index (χ4v) is 3.11. The number of ether oxygens (including phenoxy) is 3. The number of amides is 1. The van der Waals surface area contributed by atoms with E-state index in [0.29, 0.717) is 31.9 Å². The molecule has 3 rings (SSSR count). The van der Waals surface area contributed by atoms with Gasteiger partial charge in [-0.25, -0.2) is 0 Å². The summed E-state index contributed by atoms with van der Waals surface area (Å²) in [5.74, 6) is 0.0813. The highest BCUT2D eigenvalue weighted by molar-refractivity contribution is 5.94. The topological polar surface area (TPSA) is 48.0 Å². The number of piperidine rings is 1. The molecule has 1 amide bonds. The van der Waals surface area contributed by atoms with Gasteiger partial charge in [-0.05, 0) is 37.1 Å². The first-order valence-corrected chi connectivity index (χ1v) is 8.24. The summed E-state index contributed by atoms with van der Waals surface area (Å²) in [6.07, 6.45) is -2.83. The van der Waals surface area contributed by atoms with Gasteiger partial charge in [0.25, 0.3) is 5.91 Å². The molecule has 2 heterocycles. The number of halogens is 3. The highest BCUT2D eigenvalue weighted by atomic mass is 19.4. The molecule has 0 radical (unpaired) electrons. The molecule has 0 saturated carbocycles. The van der Waals surface area contributed by atoms with E-state index in [0.717, 1.165) is 12.8 Å². The van der Waals surface area contributed by atoms with E-state index < -0.39 is 12.8 Å². The summed E-state index contributed by atoms with van der Waals surface area (Å²) < 4.78 is 52.2. The second-order valence-electron chi connectivity index (χ2n) is 6.19. The van der Waals surface area contributed by atoms with Gasteiger partial charge in [0.15, 0.2) is 12.9 Å². The van der Waals surface area contributed by atoms with E-state index in [2.05, 4.69) is 4.74 Å². The Balaban J connectivity index is 1.58. The number of likely N-dealkylation sites (tertiary alicyclic amines) is 1. The van der Waals surface area contributed by atoms with Gasteiger partial charge in [-0.15, -0.1) is 0 Å². The molecule has 25 heavy (non-hydrogen) atoms. The molecule has 2 saturated heterocycles. The minimum absolute atomic E-state index is 0.0816. The molecule has 8 heteroatoms. The van der Waals surface area contributed by atoms with Crippen LogP contribution >= 0.6 is 0 Å². The first-order valence-electron chi connectivity index (χ1n) is 8.24. The molecule has 5 nitrogen and oxygen atoms in total. The van der Waals surface area contributed by atoms with Crippen LogP contribution in [0.4, 0.5) is 13.2 Å². The summed E-state index contributed by atoms with van der Waals surface area (Å²) in [7, 11) is 0. The third-order valence-corrected chi connectivity index (χ3v) is 4.28. The number of benzene rings is 1. The molecule has 0 N–H and O–H groups in total. The van der Waals surface area contributed by atoms with E-state index in [1.807, 2.05) is 0 Å². The van der Waals surface area contributed by atoms with Crippen LogP contribution in [0.5, 0.6) is 5.75 Å². The van der Waals surface area contributed by atoms with Crippen LogP contribution in [0.3, 0.4) is 0 Å². The van der Waals surface area contributed by atoms with Crippen molar-refractivity contribution in [1.29, 1.82) is 0 Å². The van der Waals surface area contributed by atoms with Gasteiger partial charge in [0.05, 0.1) is 13.2 Å². The Morgan fingerprint density at radius 3 is 2.52 bits per heavy atom. The monoisotopic (exact) mass is 359 g/mol. The highest BCUT2D eigenvalue weighted by Gasteiger charge is 2.33. The van der Waals surface area contributed by atoms with E-state index >= 15 is 0 Å². The van der Waals surface area contributed by atoms with Crippen molar-refractivity contribution in [3.05, 3.63) is 29.8 Å². The molecule has 0 aromatic heterocycles. The van der Waals surface area contributed by atoms with E-state index in [-0.39, 0.29) is 23.9 Å². The average molecular weight is 359 g/mol. The Labute approximate surface area is 143 Å². The Bertz CT molecular complexity index is 585. The molecule has 1 atom stereocenters. The minimum Gasteiger partial charge on any atom is -0.484 e. The molecule has 2 aliphatic rings. The maximum atomic E-state index is 12.6. The van der Waals surface area contributed by atoms with Crippen LogP contribution in [0.2, 0.25) is 0 Å². The van der Waals surface area contributed by atoms with Crippen molar-refractivity contribution in [2.75, 3.05) is 32.9 Å². The molecule has 2 aliphatic heterocycles. The SMILES string of the molecule is O=C(c1ccc(OCC(F)(F)F)cc1)N1CCCC(C2OCCO2)C1. The Morgan fingerprint density at radius 1 is 1.20 bits per heavy atom. The van der Waals surface area contributed by atoms with Crippen LogP contribution < -0.4 is 4.74 Å². The lowest BCUT2D eigenvalue weighted by molar-refractivity contribution is -0.153. The zero-order valence-corrected chi connectivity index (χ0v) is 13.6. The van der Waals surface area contributed by atoms with E-state index in [1.165, 1.54) is 24.3 Å². The third-order valence-electron chi connectivity index (χ3n) is 4.28. The van der Waals surface area contributed by atoms with Crippen molar-refractivity contribution < 1.29 is 32.2 Å². The predicted molar refractivity (Wildman–Crippen MR) is 82.3 cm³/mol. The van der Waals surface area contributed by atoms with Crippen molar-refractivity contribution in [2.24, 2.45) is 5.92 Å². The Kier molecular flexibility index (Phi) is 5.48. The Morgan fingerprint density at radius 2 is 1.88 bits per heavy atom. The summed E-state index contributed by atoms with van der Waals surface area (Å²) in [5, 5.41) is 0. The van der Waals surface area contributed by atoms with Crippen LogP contribution in [0, 0.1) is 5.92 Å². The van der Waals surface area contributed by atoms with Gasteiger partial charge in [-0.3, -0.25) is 4.79 Å². The molecule has 138 valence electrons. The highest BCUT2D eigenvalue weighted by Crippen LogP contribution is 2.26. The number of hydrogen-bond acceptors (Lipinski definition) is 4. The fraction of sp³-hybridized carbons (Fsp3) is 0.588. The van der Waals surface area contributed by atoms with Crippen molar-refractivity contribution in [2.45, 2.75) is 25.3 Å². The van der Waals surface area contributed by atoms with Gasteiger partial charge < -0.3 is 19.1 Å². The fourth-order valence-electron chi connectivity index (χ4n) is 3.11. The van der Waals surface area contributed by atoms with Gasteiger partial charge in [0, 0.05) is 24.6 Å². The number of rotatable bonds is 4. The van der Waals surface area contributed by atoms with Crippen LogP contribution in [0.15, 0.2) is 24.3 Å².